The van der Waals surface area contributed by atoms with E-state index in [1.54, 1.807) is 12.5 Å². The van der Waals surface area contributed by atoms with Crippen LogP contribution in [-0.4, -0.2) is 19.7 Å². The van der Waals surface area contributed by atoms with E-state index in [9.17, 15) is 0 Å². The summed E-state index contributed by atoms with van der Waals surface area (Å²) in [5, 5.41) is 4.23. The SMILES string of the molecule is c1ccc(C(c2ccccc2)c2noc(Cn3ccnc3)n2)cc1. The lowest BCUT2D eigenvalue weighted by Crippen LogP contribution is -2.06. The first-order valence-corrected chi connectivity index (χ1v) is 7.78. The van der Waals surface area contributed by atoms with E-state index in [1.807, 2.05) is 47.2 Å². The molecule has 0 spiro atoms. The van der Waals surface area contributed by atoms with Crippen LogP contribution in [-0.2, 0) is 6.54 Å². The van der Waals surface area contributed by atoms with Crippen molar-refractivity contribution in [3.8, 4) is 0 Å². The normalized spacial score (nSPS) is 11.0. The zero-order valence-corrected chi connectivity index (χ0v) is 13.0. The summed E-state index contributed by atoms with van der Waals surface area (Å²) in [7, 11) is 0. The fourth-order valence-corrected chi connectivity index (χ4v) is 2.77. The van der Waals surface area contributed by atoms with Crippen LogP contribution in [0, 0.1) is 0 Å². The van der Waals surface area contributed by atoms with E-state index >= 15 is 0 Å². The van der Waals surface area contributed by atoms with Crippen LogP contribution in [0.25, 0.3) is 0 Å². The minimum atomic E-state index is -0.0484. The van der Waals surface area contributed by atoms with E-state index < -0.39 is 0 Å². The van der Waals surface area contributed by atoms with Crippen LogP contribution in [0.4, 0.5) is 0 Å². The van der Waals surface area contributed by atoms with Gasteiger partial charge in [0.25, 0.3) is 0 Å². The van der Waals surface area contributed by atoms with Crippen molar-refractivity contribution < 1.29 is 4.52 Å². The molecule has 0 aliphatic rings. The van der Waals surface area contributed by atoms with Gasteiger partial charge in [0, 0.05) is 12.4 Å². The van der Waals surface area contributed by atoms with Crippen molar-refractivity contribution >= 4 is 0 Å². The molecule has 4 aromatic rings. The van der Waals surface area contributed by atoms with Crippen molar-refractivity contribution in [2.24, 2.45) is 0 Å². The molecule has 5 nitrogen and oxygen atoms in total. The Hall–Kier alpha value is -3.21. The molecule has 5 heteroatoms. The van der Waals surface area contributed by atoms with Crippen LogP contribution in [0.15, 0.2) is 83.9 Å². The lowest BCUT2D eigenvalue weighted by molar-refractivity contribution is 0.365. The Bertz CT molecular complexity index is 846. The monoisotopic (exact) mass is 316 g/mol. The third-order valence-electron chi connectivity index (χ3n) is 3.88. The van der Waals surface area contributed by atoms with Crippen molar-refractivity contribution in [2.45, 2.75) is 12.5 Å². The Morgan fingerprint density at radius 2 is 1.58 bits per heavy atom. The largest absolute Gasteiger partial charge is 0.337 e. The van der Waals surface area contributed by atoms with Crippen molar-refractivity contribution in [1.29, 1.82) is 0 Å². The molecule has 2 aromatic heterocycles. The number of hydrogen-bond donors (Lipinski definition) is 0. The van der Waals surface area contributed by atoms with E-state index in [0.717, 1.165) is 11.1 Å². The summed E-state index contributed by atoms with van der Waals surface area (Å²) >= 11 is 0. The maximum Gasteiger partial charge on any atom is 0.246 e. The second-order valence-electron chi connectivity index (χ2n) is 5.54. The predicted octanol–water partition coefficient (Wildman–Crippen LogP) is 3.49. The van der Waals surface area contributed by atoms with Gasteiger partial charge in [-0.1, -0.05) is 65.8 Å². The summed E-state index contributed by atoms with van der Waals surface area (Å²) in [6.07, 6.45) is 5.33. The smallest absolute Gasteiger partial charge is 0.246 e. The van der Waals surface area contributed by atoms with Crippen LogP contribution >= 0.6 is 0 Å². The first kappa shape index (κ1) is 14.4. The van der Waals surface area contributed by atoms with E-state index in [2.05, 4.69) is 39.4 Å². The van der Waals surface area contributed by atoms with E-state index in [-0.39, 0.29) is 5.92 Å². The highest BCUT2D eigenvalue weighted by atomic mass is 16.5. The quantitative estimate of drug-likeness (QED) is 0.565. The van der Waals surface area contributed by atoms with Gasteiger partial charge in [-0.25, -0.2) is 4.98 Å². The lowest BCUT2D eigenvalue weighted by Gasteiger charge is -2.14. The summed E-state index contributed by atoms with van der Waals surface area (Å²) in [6, 6.07) is 20.5. The second kappa shape index (κ2) is 6.50. The Labute approximate surface area is 139 Å². The number of nitrogens with zero attached hydrogens (tertiary/aromatic N) is 4. The molecule has 4 rings (SSSR count). The highest BCUT2D eigenvalue weighted by Crippen LogP contribution is 2.29. The van der Waals surface area contributed by atoms with Gasteiger partial charge in [-0.05, 0) is 11.1 Å². The van der Waals surface area contributed by atoms with Gasteiger partial charge in [0.05, 0.1) is 12.2 Å². The van der Waals surface area contributed by atoms with Crippen LogP contribution in [0.3, 0.4) is 0 Å². The molecular weight excluding hydrogens is 300 g/mol. The fraction of sp³-hybridized carbons (Fsp3) is 0.105. The van der Waals surface area contributed by atoms with Crippen LogP contribution in [0.5, 0.6) is 0 Å². The van der Waals surface area contributed by atoms with E-state index in [1.165, 1.54) is 0 Å². The van der Waals surface area contributed by atoms with Gasteiger partial charge < -0.3 is 9.09 Å². The first-order chi connectivity index (χ1) is 11.9. The molecule has 0 bridgehead atoms. The van der Waals surface area contributed by atoms with Crippen molar-refractivity contribution in [2.75, 3.05) is 0 Å². The highest BCUT2D eigenvalue weighted by molar-refractivity contribution is 5.37. The van der Waals surface area contributed by atoms with E-state index in [0.29, 0.717) is 18.3 Å². The third kappa shape index (κ3) is 2.96. The summed E-state index contributed by atoms with van der Waals surface area (Å²) in [6.45, 7) is 0.517. The lowest BCUT2D eigenvalue weighted by atomic mass is 9.91. The molecule has 0 aliphatic carbocycles. The summed E-state index contributed by atoms with van der Waals surface area (Å²) < 4.78 is 7.35. The van der Waals surface area contributed by atoms with Gasteiger partial charge in [0.2, 0.25) is 5.89 Å². The number of imidazole rings is 1. The maximum absolute atomic E-state index is 5.45. The molecule has 2 aromatic carbocycles. The van der Waals surface area contributed by atoms with Crippen molar-refractivity contribution in [3.63, 3.8) is 0 Å². The van der Waals surface area contributed by atoms with E-state index in [4.69, 9.17) is 4.52 Å². The summed E-state index contributed by atoms with van der Waals surface area (Å²) in [4.78, 5) is 8.64. The average Bonchev–Trinajstić information content (AvgIpc) is 3.30. The van der Waals surface area contributed by atoms with Crippen molar-refractivity contribution in [3.05, 3.63) is 102 Å². The zero-order valence-electron chi connectivity index (χ0n) is 13.0. The van der Waals surface area contributed by atoms with Gasteiger partial charge in [0.15, 0.2) is 5.82 Å². The Morgan fingerprint density at radius 3 is 2.17 bits per heavy atom. The molecule has 0 N–H and O–H groups in total. The zero-order chi connectivity index (χ0) is 16.2. The standard InChI is InChI=1S/C19H16N4O/c1-3-7-15(8-4-1)18(16-9-5-2-6-10-16)19-21-17(24-22-19)13-23-12-11-20-14-23/h1-12,14,18H,13H2. The molecule has 0 aliphatic heterocycles. The minimum Gasteiger partial charge on any atom is -0.337 e. The number of benzene rings is 2. The van der Waals surface area contributed by atoms with Crippen LogP contribution in [0.2, 0.25) is 0 Å². The Balaban J connectivity index is 1.70. The first-order valence-electron chi connectivity index (χ1n) is 7.78. The van der Waals surface area contributed by atoms with Gasteiger partial charge in [-0.2, -0.15) is 4.98 Å². The maximum atomic E-state index is 5.45. The molecule has 0 unspecified atom stereocenters. The molecule has 0 amide bonds. The topological polar surface area (TPSA) is 56.7 Å². The van der Waals surface area contributed by atoms with Gasteiger partial charge in [-0.15, -0.1) is 0 Å². The summed E-state index contributed by atoms with van der Waals surface area (Å²) in [5.74, 6) is 1.19. The number of hydrogen-bond acceptors (Lipinski definition) is 4. The molecule has 118 valence electrons. The molecule has 0 saturated carbocycles. The molecular formula is C19H16N4O. The molecule has 2 heterocycles. The predicted molar refractivity (Wildman–Crippen MR) is 89.5 cm³/mol. The van der Waals surface area contributed by atoms with Crippen LogP contribution in [0.1, 0.15) is 28.8 Å². The fourth-order valence-electron chi connectivity index (χ4n) is 2.77. The Morgan fingerprint density at radius 1 is 0.917 bits per heavy atom. The molecule has 0 fully saturated rings. The molecule has 0 atom stereocenters. The van der Waals surface area contributed by atoms with Crippen molar-refractivity contribution in [1.82, 2.24) is 19.7 Å². The second-order valence-corrected chi connectivity index (χ2v) is 5.54. The Kier molecular flexibility index (Phi) is 3.90. The minimum absolute atomic E-state index is 0.0484. The molecule has 24 heavy (non-hydrogen) atoms. The number of rotatable bonds is 5. The highest BCUT2D eigenvalue weighted by Gasteiger charge is 2.22. The van der Waals surface area contributed by atoms with Gasteiger partial charge in [0.1, 0.15) is 6.54 Å². The molecule has 0 saturated heterocycles. The summed E-state index contributed by atoms with van der Waals surface area (Å²) in [5.41, 5.74) is 2.28. The third-order valence-corrected chi connectivity index (χ3v) is 3.88. The average molecular weight is 316 g/mol. The van der Waals surface area contributed by atoms with Gasteiger partial charge >= 0.3 is 0 Å². The number of aromatic nitrogens is 4. The molecule has 0 radical (unpaired) electrons. The van der Waals surface area contributed by atoms with Crippen LogP contribution < -0.4 is 0 Å². The van der Waals surface area contributed by atoms with Gasteiger partial charge in [-0.3, -0.25) is 0 Å².